The van der Waals surface area contributed by atoms with Crippen molar-refractivity contribution in [1.29, 1.82) is 0 Å². The van der Waals surface area contributed by atoms with Crippen LogP contribution in [0.25, 0.3) is 0 Å². The minimum Gasteiger partial charge on any atom is -0.396 e. The van der Waals surface area contributed by atoms with Crippen LogP contribution in [0.4, 0.5) is 0 Å². The molecule has 1 fully saturated rings. The molecule has 0 aliphatic heterocycles. The van der Waals surface area contributed by atoms with Gasteiger partial charge >= 0.3 is 0 Å². The first-order valence-corrected chi connectivity index (χ1v) is 14.8. The molecule has 3 amide bonds. The Balaban J connectivity index is 2.18. The third-order valence-electron chi connectivity index (χ3n) is 7.67. The van der Waals surface area contributed by atoms with E-state index in [0.717, 1.165) is 51.2 Å². The maximum Gasteiger partial charge on any atom is 0.234 e. The lowest BCUT2D eigenvalue weighted by Gasteiger charge is -2.30. The van der Waals surface area contributed by atoms with E-state index in [1.807, 2.05) is 14.0 Å². The van der Waals surface area contributed by atoms with E-state index < -0.39 is 11.6 Å². The summed E-state index contributed by atoms with van der Waals surface area (Å²) in [5.74, 6) is 0.286. The lowest BCUT2D eigenvalue weighted by molar-refractivity contribution is -0.131. The highest BCUT2D eigenvalue weighted by Gasteiger charge is 2.28. The normalized spacial score (nSPS) is 18.9. The molecule has 0 radical (unpaired) electrons. The molecule has 40 heavy (non-hydrogen) atoms. The zero-order valence-electron chi connectivity index (χ0n) is 25.2. The van der Waals surface area contributed by atoms with Gasteiger partial charge in [0.2, 0.25) is 17.7 Å². The number of hydrogen-bond acceptors (Lipinski definition) is 8. The van der Waals surface area contributed by atoms with Crippen molar-refractivity contribution in [2.75, 3.05) is 39.8 Å². The van der Waals surface area contributed by atoms with E-state index in [4.69, 9.17) is 5.11 Å². The minimum absolute atomic E-state index is 0.0148. The fourth-order valence-electron chi connectivity index (χ4n) is 4.77. The van der Waals surface area contributed by atoms with Crippen molar-refractivity contribution in [3.05, 3.63) is 0 Å². The summed E-state index contributed by atoms with van der Waals surface area (Å²) in [6, 6.07) is -0.430. The maximum absolute atomic E-state index is 12.6. The second kappa shape index (κ2) is 18.9. The van der Waals surface area contributed by atoms with Gasteiger partial charge in [0.15, 0.2) is 5.78 Å². The number of rotatable bonds is 20. The van der Waals surface area contributed by atoms with Crippen LogP contribution in [0.3, 0.4) is 0 Å². The first-order chi connectivity index (χ1) is 18.9. The number of carbonyl (C=O) groups is 5. The molecule has 1 aliphatic carbocycles. The molecule has 1 rings (SSSR count). The predicted molar refractivity (Wildman–Crippen MR) is 154 cm³/mol. The Bertz CT molecular complexity index is 813. The summed E-state index contributed by atoms with van der Waals surface area (Å²) in [7, 11) is 1.81. The smallest absolute Gasteiger partial charge is 0.234 e. The summed E-state index contributed by atoms with van der Waals surface area (Å²) in [6.45, 7) is 8.43. The van der Waals surface area contributed by atoms with Gasteiger partial charge in [0.25, 0.3) is 0 Å². The highest BCUT2D eigenvalue weighted by atomic mass is 16.3. The van der Waals surface area contributed by atoms with Crippen molar-refractivity contribution in [1.82, 2.24) is 26.2 Å². The van der Waals surface area contributed by atoms with Crippen LogP contribution in [-0.2, 0) is 24.0 Å². The van der Waals surface area contributed by atoms with Crippen LogP contribution in [0.15, 0.2) is 0 Å². The van der Waals surface area contributed by atoms with E-state index >= 15 is 0 Å². The number of amides is 3. The molecule has 230 valence electrons. The largest absolute Gasteiger partial charge is 0.396 e. The van der Waals surface area contributed by atoms with Crippen molar-refractivity contribution in [2.24, 2.45) is 11.8 Å². The molecular weight excluding hydrogens is 514 g/mol. The maximum atomic E-state index is 12.6. The number of carbonyl (C=O) groups excluding carboxylic acids is 5. The number of aliphatic hydroxyl groups excluding tert-OH is 1. The standard InChI is InChI=1S/C29H53N5O6/c1-21(33-26(38)18-32-29(3,4)25(37)17-31-22(2)20-36)9-6-7-15-30-28(40)24-13-11-23(12-14-24)19-34(5)27(39)10-8-16-35/h20-24,31-32,35H,6-19H2,1-5H3,(H,30,40)(H,33,38). The topological polar surface area (TPSA) is 157 Å². The summed E-state index contributed by atoms with van der Waals surface area (Å²) in [6.07, 6.45) is 7.61. The van der Waals surface area contributed by atoms with Gasteiger partial charge in [0.1, 0.15) is 6.29 Å². The van der Waals surface area contributed by atoms with Gasteiger partial charge < -0.3 is 30.8 Å². The molecule has 1 aliphatic rings. The van der Waals surface area contributed by atoms with Gasteiger partial charge in [-0.15, -0.1) is 0 Å². The number of Topliss-reactive ketones (excluding diaryl/α,β-unsaturated/α-hetero) is 1. The van der Waals surface area contributed by atoms with Crippen LogP contribution in [-0.4, -0.2) is 97.3 Å². The number of aldehydes is 1. The highest BCUT2D eigenvalue weighted by molar-refractivity contribution is 5.90. The van der Waals surface area contributed by atoms with Gasteiger partial charge in [-0.05, 0) is 85.0 Å². The first-order valence-electron chi connectivity index (χ1n) is 14.8. The zero-order valence-corrected chi connectivity index (χ0v) is 25.2. The fourth-order valence-corrected chi connectivity index (χ4v) is 4.77. The summed E-state index contributed by atoms with van der Waals surface area (Å²) in [5.41, 5.74) is -0.899. The minimum atomic E-state index is -0.899. The number of nitrogens with one attached hydrogen (secondary N) is 4. The summed E-state index contributed by atoms with van der Waals surface area (Å²) in [5, 5.41) is 20.7. The Hall–Kier alpha value is -2.37. The number of ketones is 1. The molecule has 2 unspecified atom stereocenters. The van der Waals surface area contributed by atoms with E-state index in [1.54, 1.807) is 25.7 Å². The molecule has 11 nitrogen and oxygen atoms in total. The second-order valence-corrected chi connectivity index (χ2v) is 11.8. The Morgan fingerprint density at radius 3 is 2.33 bits per heavy atom. The molecule has 5 N–H and O–H groups in total. The summed E-state index contributed by atoms with van der Waals surface area (Å²) < 4.78 is 0. The molecule has 2 atom stereocenters. The quantitative estimate of drug-likeness (QED) is 0.107. The third kappa shape index (κ3) is 14.3. The molecular formula is C29H53N5O6. The lowest BCUT2D eigenvalue weighted by atomic mass is 9.81. The molecule has 11 heteroatoms. The Morgan fingerprint density at radius 2 is 1.70 bits per heavy atom. The van der Waals surface area contributed by atoms with Gasteiger partial charge in [-0.25, -0.2) is 0 Å². The van der Waals surface area contributed by atoms with Crippen molar-refractivity contribution in [3.63, 3.8) is 0 Å². The molecule has 0 aromatic rings. The average Bonchev–Trinajstić information content (AvgIpc) is 2.93. The predicted octanol–water partition coefficient (Wildman–Crippen LogP) is 0.929. The number of hydrogen-bond donors (Lipinski definition) is 5. The first kappa shape index (κ1) is 35.7. The molecule has 1 saturated carbocycles. The molecule has 0 saturated heterocycles. The summed E-state index contributed by atoms with van der Waals surface area (Å²) >= 11 is 0. The molecule has 0 aromatic heterocycles. The van der Waals surface area contributed by atoms with E-state index in [1.165, 1.54) is 0 Å². The monoisotopic (exact) mass is 567 g/mol. The molecule has 0 bridgehead atoms. The molecule has 0 heterocycles. The van der Waals surface area contributed by atoms with Crippen molar-refractivity contribution in [3.8, 4) is 0 Å². The van der Waals surface area contributed by atoms with Crippen LogP contribution in [0.5, 0.6) is 0 Å². The van der Waals surface area contributed by atoms with Crippen molar-refractivity contribution in [2.45, 2.75) is 103 Å². The van der Waals surface area contributed by atoms with Crippen molar-refractivity contribution >= 4 is 29.8 Å². The number of unbranched alkanes of at least 4 members (excludes halogenated alkanes) is 1. The van der Waals surface area contributed by atoms with E-state index in [9.17, 15) is 24.0 Å². The molecule has 0 spiro atoms. The van der Waals surface area contributed by atoms with Crippen molar-refractivity contribution < 1.29 is 29.1 Å². The molecule has 0 aromatic carbocycles. The van der Waals surface area contributed by atoms with Crippen LogP contribution in [0, 0.1) is 11.8 Å². The van der Waals surface area contributed by atoms with Gasteiger partial charge in [0.05, 0.1) is 24.7 Å². The lowest BCUT2D eigenvalue weighted by Crippen LogP contribution is -2.54. The highest BCUT2D eigenvalue weighted by Crippen LogP contribution is 2.29. The second-order valence-electron chi connectivity index (χ2n) is 11.8. The van der Waals surface area contributed by atoms with Crippen LogP contribution >= 0.6 is 0 Å². The Kier molecular flexibility index (Phi) is 16.8. The Labute approximate surface area is 240 Å². The Morgan fingerprint density at radius 1 is 1.02 bits per heavy atom. The van der Waals surface area contributed by atoms with Gasteiger partial charge in [0, 0.05) is 45.1 Å². The van der Waals surface area contributed by atoms with Crippen LogP contribution in [0.2, 0.25) is 0 Å². The summed E-state index contributed by atoms with van der Waals surface area (Å²) in [4.78, 5) is 61.7. The SMILES string of the molecule is CC(C=O)NCC(=O)C(C)(C)NCC(=O)NC(C)CCCCNC(=O)C1CCC(CN(C)C(=O)CCCO)CC1. The van der Waals surface area contributed by atoms with E-state index in [-0.39, 0.29) is 55.2 Å². The van der Waals surface area contributed by atoms with Crippen LogP contribution in [0.1, 0.15) is 85.5 Å². The van der Waals surface area contributed by atoms with Gasteiger partial charge in [-0.3, -0.25) is 24.5 Å². The average molecular weight is 568 g/mol. The van der Waals surface area contributed by atoms with E-state index in [2.05, 4.69) is 21.3 Å². The fraction of sp³-hybridized carbons (Fsp3) is 0.828. The van der Waals surface area contributed by atoms with E-state index in [0.29, 0.717) is 31.8 Å². The number of aliphatic hydroxyl groups is 1. The van der Waals surface area contributed by atoms with Crippen LogP contribution < -0.4 is 21.3 Å². The zero-order chi connectivity index (χ0) is 30.1. The number of nitrogens with zero attached hydrogens (tertiary/aromatic N) is 1. The van der Waals surface area contributed by atoms with Gasteiger partial charge in [-0.2, -0.15) is 0 Å². The van der Waals surface area contributed by atoms with Gasteiger partial charge in [-0.1, -0.05) is 0 Å². The third-order valence-corrected chi connectivity index (χ3v) is 7.67.